The Morgan fingerprint density at radius 1 is 1.36 bits per heavy atom. The van der Waals surface area contributed by atoms with Crippen LogP contribution in [0.15, 0.2) is 18.2 Å². The average molecular weight is 186 g/mol. The van der Waals surface area contributed by atoms with Gasteiger partial charge in [0.05, 0.1) is 12.6 Å². The fourth-order valence-corrected chi connectivity index (χ4v) is 1.55. The minimum atomic E-state index is 0.577. The van der Waals surface area contributed by atoms with Gasteiger partial charge in [-0.15, -0.1) is 0 Å². The highest BCUT2D eigenvalue weighted by molar-refractivity contribution is 5.83. The molecule has 0 radical (unpaired) electrons. The van der Waals surface area contributed by atoms with Crippen LogP contribution >= 0.6 is 0 Å². The molecule has 0 amide bonds. The summed E-state index contributed by atoms with van der Waals surface area (Å²) in [5, 5.41) is 9.76. The van der Waals surface area contributed by atoms with Crippen LogP contribution in [0.2, 0.25) is 0 Å². The molecule has 2 aromatic rings. The van der Waals surface area contributed by atoms with Crippen molar-refractivity contribution in [2.24, 2.45) is 0 Å². The quantitative estimate of drug-likeness (QED) is 0.743. The Morgan fingerprint density at radius 3 is 2.79 bits per heavy atom. The van der Waals surface area contributed by atoms with E-state index < -0.39 is 0 Å². The lowest BCUT2D eigenvalue weighted by atomic mass is 10.1. The molecule has 1 aromatic heterocycles. The Labute approximate surface area is 81.9 Å². The van der Waals surface area contributed by atoms with E-state index in [2.05, 4.69) is 11.1 Å². The zero-order chi connectivity index (χ0) is 10.1. The number of fused-ring (bicyclic) bond motifs is 1. The van der Waals surface area contributed by atoms with Crippen molar-refractivity contribution in [3.05, 3.63) is 29.5 Å². The van der Waals surface area contributed by atoms with Gasteiger partial charge < -0.3 is 9.72 Å². The monoisotopic (exact) mass is 186 g/mol. The van der Waals surface area contributed by atoms with Crippen LogP contribution in [0.4, 0.5) is 0 Å². The standard InChI is InChI=1S/C11H10N2O/c1-7-3-8-4-9(6-12)13-10(8)5-11(7)14-2/h3-5,13H,1-2H3. The van der Waals surface area contributed by atoms with Gasteiger partial charge in [0.15, 0.2) is 0 Å². The molecule has 70 valence electrons. The first-order chi connectivity index (χ1) is 6.74. The molecule has 0 fully saturated rings. The Kier molecular flexibility index (Phi) is 1.90. The number of aromatic amines is 1. The van der Waals surface area contributed by atoms with Crippen molar-refractivity contribution in [2.45, 2.75) is 6.92 Å². The molecule has 14 heavy (non-hydrogen) atoms. The minimum Gasteiger partial charge on any atom is -0.496 e. The molecule has 0 saturated heterocycles. The molecule has 0 bridgehead atoms. The van der Waals surface area contributed by atoms with Gasteiger partial charge in [0, 0.05) is 11.5 Å². The van der Waals surface area contributed by atoms with Crippen LogP contribution in [0, 0.1) is 18.3 Å². The number of nitrogens with one attached hydrogen (secondary N) is 1. The van der Waals surface area contributed by atoms with Gasteiger partial charge in [0.25, 0.3) is 0 Å². The molecule has 1 aromatic carbocycles. The van der Waals surface area contributed by atoms with Crippen LogP contribution in [-0.4, -0.2) is 12.1 Å². The molecule has 0 unspecified atom stereocenters. The fourth-order valence-electron chi connectivity index (χ4n) is 1.55. The molecule has 1 heterocycles. The van der Waals surface area contributed by atoms with Gasteiger partial charge in [-0.2, -0.15) is 5.26 Å². The molecule has 0 aliphatic heterocycles. The van der Waals surface area contributed by atoms with E-state index in [-0.39, 0.29) is 0 Å². The second-order valence-corrected chi connectivity index (χ2v) is 3.20. The summed E-state index contributed by atoms with van der Waals surface area (Å²) in [4.78, 5) is 3.01. The van der Waals surface area contributed by atoms with Gasteiger partial charge in [-0.25, -0.2) is 0 Å². The van der Waals surface area contributed by atoms with Crippen LogP contribution in [0.25, 0.3) is 10.9 Å². The Morgan fingerprint density at radius 2 is 2.14 bits per heavy atom. The highest BCUT2D eigenvalue weighted by Gasteiger charge is 2.04. The molecule has 0 spiro atoms. The zero-order valence-electron chi connectivity index (χ0n) is 8.09. The van der Waals surface area contributed by atoms with Crippen LogP contribution in [0.1, 0.15) is 11.3 Å². The minimum absolute atomic E-state index is 0.577. The maximum atomic E-state index is 8.72. The number of ether oxygens (including phenoxy) is 1. The molecule has 0 saturated carbocycles. The summed E-state index contributed by atoms with van der Waals surface area (Å²) in [6, 6.07) is 7.83. The van der Waals surface area contributed by atoms with Crippen molar-refractivity contribution in [3.63, 3.8) is 0 Å². The summed E-state index contributed by atoms with van der Waals surface area (Å²) in [5.41, 5.74) is 2.58. The topological polar surface area (TPSA) is 48.8 Å². The molecule has 0 atom stereocenters. The molecular weight excluding hydrogens is 176 g/mol. The maximum absolute atomic E-state index is 8.72. The van der Waals surface area contributed by atoms with E-state index >= 15 is 0 Å². The summed E-state index contributed by atoms with van der Waals surface area (Å²) in [6.07, 6.45) is 0. The summed E-state index contributed by atoms with van der Waals surface area (Å²) in [5.74, 6) is 0.837. The zero-order valence-corrected chi connectivity index (χ0v) is 8.09. The van der Waals surface area contributed by atoms with Gasteiger partial charge in [-0.05, 0) is 24.6 Å². The number of benzene rings is 1. The van der Waals surface area contributed by atoms with Crippen molar-refractivity contribution in [1.82, 2.24) is 4.98 Å². The molecule has 0 aliphatic carbocycles. The van der Waals surface area contributed by atoms with Gasteiger partial charge >= 0.3 is 0 Å². The third kappa shape index (κ3) is 1.21. The lowest BCUT2D eigenvalue weighted by Gasteiger charge is -2.03. The number of hydrogen-bond acceptors (Lipinski definition) is 2. The number of aryl methyl sites for hydroxylation is 1. The SMILES string of the molecule is COc1cc2[nH]c(C#N)cc2cc1C. The third-order valence-electron chi connectivity index (χ3n) is 2.26. The number of nitrogens with zero attached hydrogens (tertiary/aromatic N) is 1. The first kappa shape index (κ1) is 8.64. The highest BCUT2D eigenvalue weighted by Crippen LogP contribution is 2.25. The summed E-state index contributed by atoms with van der Waals surface area (Å²) in [7, 11) is 1.64. The van der Waals surface area contributed by atoms with Gasteiger partial charge in [-0.3, -0.25) is 0 Å². The first-order valence-corrected chi connectivity index (χ1v) is 4.32. The van der Waals surface area contributed by atoms with Crippen molar-refractivity contribution < 1.29 is 4.74 Å². The molecule has 1 N–H and O–H groups in total. The number of rotatable bonds is 1. The number of methoxy groups -OCH3 is 1. The summed E-state index contributed by atoms with van der Waals surface area (Å²) < 4.78 is 5.19. The van der Waals surface area contributed by atoms with Crippen molar-refractivity contribution in [1.29, 1.82) is 5.26 Å². The Balaban J connectivity index is 2.71. The van der Waals surface area contributed by atoms with Gasteiger partial charge in [0.2, 0.25) is 0 Å². The van der Waals surface area contributed by atoms with Crippen LogP contribution < -0.4 is 4.74 Å². The molecule has 2 rings (SSSR count). The normalized spacial score (nSPS) is 10.1. The Hall–Kier alpha value is -1.95. The average Bonchev–Trinajstić information content (AvgIpc) is 2.58. The van der Waals surface area contributed by atoms with E-state index in [4.69, 9.17) is 10.00 Å². The van der Waals surface area contributed by atoms with Gasteiger partial charge in [0.1, 0.15) is 17.5 Å². The van der Waals surface area contributed by atoms with Crippen molar-refractivity contribution in [3.8, 4) is 11.8 Å². The predicted molar refractivity (Wildman–Crippen MR) is 54.3 cm³/mol. The molecule has 3 nitrogen and oxygen atoms in total. The van der Waals surface area contributed by atoms with E-state index in [1.54, 1.807) is 7.11 Å². The molecular formula is C11H10N2O. The van der Waals surface area contributed by atoms with Gasteiger partial charge in [-0.1, -0.05) is 0 Å². The van der Waals surface area contributed by atoms with E-state index in [1.165, 1.54) is 0 Å². The number of hydrogen-bond donors (Lipinski definition) is 1. The van der Waals surface area contributed by atoms with Crippen LogP contribution in [0.3, 0.4) is 0 Å². The molecule has 3 heteroatoms. The number of H-pyrrole nitrogens is 1. The lowest BCUT2D eigenvalue weighted by molar-refractivity contribution is 0.412. The largest absolute Gasteiger partial charge is 0.496 e. The van der Waals surface area contributed by atoms with E-state index in [0.717, 1.165) is 22.2 Å². The number of aromatic nitrogens is 1. The predicted octanol–water partition coefficient (Wildman–Crippen LogP) is 2.36. The van der Waals surface area contributed by atoms with Crippen molar-refractivity contribution >= 4 is 10.9 Å². The highest BCUT2D eigenvalue weighted by atomic mass is 16.5. The van der Waals surface area contributed by atoms with Crippen LogP contribution in [-0.2, 0) is 0 Å². The summed E-state index contributed by atoms with van der Waals surface area (Å²) in [6.45, 7) is 1.98. The van der Waals surface area contributed by atoms with Crippen LogP contribution in [0.5, 0.6) is 5.75 Å². The fraction of sp³-hybridized carbons (Fsp3) is 0.182. The van der Waals surface area contributed by atoms with E-state index in [9.17, 15) is 0 Å². The Bertz CT molecular complexity index is 520. The van der Waals surface area contributed by atoms with E-state index in [1.807, 2.05) is 25.1 Å². The summed E-state index contributed by atoms with van der Waals surface area (Å²) >= 11 is 0. The lowest BCUT2D eigenvalue weighted by Crippen LogP contribution is -1.86. The second kappa shape index (κ2) is 3.08. The second-order valence-electron chi connectivity index (χ2n) is 3.20. The smallest absolute Gasteiger partial charge is 0.123 e. The maximum Gasteiger partial charge on any atom is 0.123 e. The third-order valence-corrected chi connectivity index (χ3v) is 2.26. The molecule has 0 aliphatic rings. The van der Waals surface area contributed by atoms with Crippen molar-refractivity contribution in [2.75, 3.05) is 7.11 Å². The first-order valence-electron chi connectivity index (χ1n) is 4.32. The van der Waals surface area contributed by atoms with E-state index in [0.29, 0.717) is 5.69 Å². The number of nitriles is 1.